The highest BCUT2D eigenvalue weighted by Crippen LogP contribution is 2.16. The predicted octanol–water partition coefficient (Wildman–Crippen LogP) is 1.32. The van der Waals surface area contributed by atoms with E-state index in [9.17, 15) is 4.79 Å². The molecule has 116 valence electrons. The molecule has 5 nitrogen and oxygen atoms in total. The number of nitrogens with zero attached hydrogens (tertiary/aromatic N) is 2. The van der Waals surface area contributed by atoms with Crippen molar-refractivity contribution in [3.05, 3.63) is 28.7 Å². The Bertz CT molecular complexity index is 445. The van der Waals surface area contributed by atoms with Crippen LogP contribution in [-0.4, -0.2) is 61.6 Å². The number of hydrogen-bond donors (Lipinski definition) is 1. The number of carbonyl (C=O) groups excluding carboxylic acids is 1. The third-order valence-electron chi connectivity index (χ3n) is 3.60. The number of piperazine rings is 1. The Morgan fingerprint density at radius 2 is 1.86 bits per heavy atom. The smallest absolute Gasteiger partial charge is 0.236 e. The molecule has 0 unspecified atom stereocenters. The first-order valence-electron chi connectivity index (χ1n) is 7.27. The van der Waals surface area contributed by atoms with Crippen molar-refractivity contribution in [1.82, 2.24) is 9.80 Å². The zero-order valence-electron chi connectivity index (χ0n) is 12.1. The summed E-state index contributed by atoms with van der Waals surface area (Å²) in [4.78, 5) is 15.7. The summed E-state index contributed by atoms with van der Waals surface area (Å²) in [6.45, 7) is 5.23. The van der Waals surface area contributed by atoms with Crippen molar-refractivity contribution in [3.8, 4) is 5.75 Å². The highest BCUT2D eigenvalue weighted by molar-refractivity contribution is 9.10. The standard InChI is InChI=1S/C15H22BrN3O2/c16-13-2-4-14(5-3-13)21-11-1-6-18-7-9-19(10-8-18)15(20)12-17/h2-5H,1,6-12,17H2. The van der Waals surface area contributed by atoms with E-state index >= 15 is 0 Å². The summed E-state index contributed by atoms with van der Waals surface area (Å²) in [7, 11) is 0. The van der Waals surface area contributed by atoms with Crippen LogP contribution in [0, 0.1) is 0 Å². The summed E-state index contributed by atoms with van der Waals surface area (Å²) in [5, 5.41) is 0. The van der Waals surface area contributed by atoms with Gasteiger partial charge in [0.2, 0.25) is 5.91 Å². The molecule has 1 amide bonds. The lowest BCUT2D eigenvalue weighted by Crippen LogP contribution is -2.50. The molecule has 0 aromatic heterocycles. The van der Waals surface area contributed by atoms with Gasteiger partial charge in [-0.3, -0.25) is 9.69 Å². The normalized spacial score (nSPS) is 16.0. The van der Waals surface area contributed by atoms with Gasteiger partial charge in [-0.25, -0.2) is 0 Å². The number of hydrogen-bond acceptors (Lipinski definition) is 4. The van der Waals surface area contributed by atoms with Crippen LogP contribution in [0.1, 0.15) is 6.42 Å². The van der Waals surface area contributed by atoms with Crippen LogP contribution in [0.4, 0.5) is 0 Å². The van der Waals surface area contributed by atoms with Gasteiger partial charge in [0.05, 0.1) is 13.2 Å². The number of ether oxygens (including phenoxy) is 1. The first kappa shape index (κ1) is 16.3. The highest BCUT2D eigenvalue weighted by atomic mass is 79.9. The van der Waals surface area contributed by atoms with Gasteiger partial charge in [0.25, 0.3) is 0 Å². The van der Waals surface area contributed by atoms with E-state index in [2.05, 4.69) is 20.8 Å². The Hall–Kier alpha value is -1.11. The monoisotopic (exact) mass is 355 g/mol. The number of nitrogens with two attached hydrogens (primary N) is 1. The van der Waals surface area contributed by atoms with E-state index < -0.39 is 0 Å². The number of rotatable bonds is 6. The molecule has 1 aromatic rings. The molecule has 1 fully saturated rings. The van der Waals surface area contributed by atoms with Crippen molar-refractivity contribution < 1.29 is 9.53 Å². The fourth-order valence-electron chi connectivity index (χ4n) is 2.36. The second kappa shape index (κ2) is 8.36. The van der Waals surface area contributed by atoms with E-state index in [1.165, 1.54) is 0 Å². The van der Waals surface area contributed by atoms with E-state index in [0.29, 0.717) is 6.61 Å². The van der Waals surface area contributed by atoms with Gasteiger partial charge in [-0.2, -0.15) is 0 Å². The summed E-state index contributed by atoms with van der Waals surface area (Å²) >= 11 is 3.40. The summed E-state index contributed by atoms with van der Waals surface area (Å²) in [5.74, 6) is 0.949. The number of halogens is 1. The van der Waals surface area contributed by atoms with Crippen molar-refractivity contribution in [2.45, 2.75) is 6.42 Å². The van der Waals surface area contributed by atoms with Gasteiger partial charge < -0.3 is 15.4 Å². The van der Waals surface area contributed by atoms with Crippen LogP contribution < -0.4 is 10.5 Å². The Balaban J connectivity index is 1.60. The van der Waals surface area contributed by atoms with Crippen LogP contribution in [0.15, 0.2) is 28.7 Å². The maximum Gasteiger partial charge on any atom is 0.236 e. The lowest BCUT2D eigenvalue weighted by molar-refractivity contribution is -0.131. The number of benzene rings is 1. The molecule has 1 heterocycles. The Labute approximate surface area is 134 Å². The lowest BCUT2D eigenvalue weighted by atomic mass is 10.3. The number of amides is 1. The second-order valence-electron chi connectivity index (χ2n) is 5.08. The second-order valence-corrected chi connectivity index (χ2v) is 6.00. The average Bonchev–Trinajstić information content (AvgIpc) is 2.53. The van der Waals surface area contributed by atoms with Crippen molar-refractivity contribution in [1.29, 1.82) is 0 Å². The first-order valence-corrected chi connectivity index (χ1v) is 8.07. The van der Waals surface area contributed by atoms with Crippen molar-refractivity contribution in [3.63, 3.8) is 0 Å². The van der Waals surface area contributed by atoms with E-state index in [0.717, 1.165) is 49.4 Å². The van der Waals surface area contributed by atoms with Crippen molar-refractivity contribution in [2.24, 2.45) is 5.73 Å². The Kier molecular flexibility index (Phi) is 6.48. The van der Waals surface area contributed by atoms with E-state index in [-0.39, 0.29) is 12.5 Å². The van der Waals surface area contributed by atoms with E-state index in [1.807, 2.05) is 29.2 Å². The van der Waals surface area contributed by atoms with Gasteiger partial charge >= 0.3 is 0 Å². The average molecular weight is 356 g/mol. The third kappa shape index (κ3) is 5.30. The van der Waals surface area contributed by atoms with Gasteiger partial charge in [-0.15, -0.1) is 0 Å². The van der Waals surface area contributed by atoms with E-state index in [4.69, 9.17) is 10.5 Å². The molecule has 1 aliphatic heterocycles. The molecule has 6 heteroatoms. The van der Waals surface area contributed by atoms with Crippen LogP contribution in [0.5, 0.6) is 5.75 Å². The van der Waals surface area contributed by atoms with Crippen LogP contribution in [0.25, 0.3) is 0 Å². The SMILES string of the molecule is NCC(=O)N1CCN(CCCOc2ccc(Br)cc2)CC1. The molecular formula is C15H22BrN3O2. The summed E-state index contributed by atoms with van der Waals surface area (Å²) < 4.78 is 6.76. The number of carbonyl (C=O) groups is 1. The fourth-order valence-corrected chi connectivity index (χ4v) is 2.62. The molecule has 2 rings (SSSR count). The minimum Gasteiger partial charge on any atom is -0.494 e. The molecule has 0 spiro atoms. The zero-order chi connectivity index (χ0) is 15.1. The molecule has 1 saturated heterocycles. The van der Waals surface area contributed by atoms with Crippen molar-refractivity contribution >= 4 is 21.8 Å². The van der Waals surface area contributed by atoms with Crippen LogP contribution in [0.3, 0.4) is 0 Å². The molecule has 21 heavy (non-hydrogen) atoms. The minimum atomic E-state index is 0.0493. The predicted molar refractivity (Wildman–Crippen MR) is 86.3 cm³/mol. The Morgan fingerprint density at radius 1 is 1.19 bits per heavy atom. The van der Waals surface area contributed by atoms with Gasteiger partial charge in [0.15, 0.2) is 0 Å². The molecule has 0 radical (unpaired) electrons. The Morgan fingerprint density at radius 3 is 2.48 bits per heavy atom. The highest BCUT2D eigenvalue weighted by Gasteiger charge is 2.19. The molecule has 0 saturated carbocycles. The third-order valence-corrected chi connectivity index (χ3v) is 4.13. The molecule has 0 aliphatic carbocycles. The fraction of sp³-hybridized carbons (Fsp3) is 0.533. The summed E-state index contributed by atoms with van der Waals surface area (Å²) in [6, 6.07) is 7.87. The summed E-state index contributed by atoms with van der Waals surface area (Å²) in [6.07, 6.45) is 0.987. The summed E-state index contributed by atoms with van der Waals surface area (Å²) in [5.41, 5.74) is 5.38. The van der Waals surface area contributed by atoms with Gasteiger partial charge in [0.1, 0.15) is 5.75 Å². The maximum atomic E-state index is 11.5. The lowest BCUT2D eigenvalue weighted by Gasteiger charge is -2.34. The van der Waals surface area contributed by atoms with E-state index in [1.54, 1.807) is 0 Å². The van der Waals surface area contributed by atoms with Gasteiger partial charge in [-0.1, -0.05) is 15.9 Å². The molecule has 1 aromatic carbocycles. The largest absolute Gasteiger partial charge is 0.494 e. The molecule has 0 bridgehead atoms. The van der Waals surface area contributed by atoms with Crippen molar-refractivity contribution in [2.75, 3.05) is 45.9 Å². The van der Waals surface area contributed by atoms with Gasteiger partial charge in [0, 0.05) is 37.2 Å². The first-order chi connectivity index (χ1) is 10.2. The van der Waals surface area contributed by atoms with Gasteiger partial charge in [-0.05, 0) is 30.7 Å². The molecule has 0 atom stereocenters. The maximum absolute atomic E-state index is 11.5. The quantitative estimate of drug-likeness (QED) is 0.782. The van der Waals surface area contributed by atoms with Crippen LogP contribution >= 0.6 is 15.9 Å². The minimum absolute atomic E-state index is 0.0493. The molecule has 1 aliphatic rings. The zero-order valence-corrected chi connectivity index (χ0v) is 13.7. The van der Waals surface area contributed by atoms with Crippen LogP contribution in [-0.2, 0) is 4.79 Å². The molecule has 2 N–H and O–H groups in total. The topological polar surface area (TPSA) is 58.8 Å². The van der Waals surface area contributed by atoms with Crippen LogP contribution in [0.2, 0.25) is 0 Å². The molecular weight excluding hydrogens is 334 g/mol.